The Kier molecular flexibility index (Phi) is 4.88. The minimum atomic E-state index is -0.845. The highest BCUT2D eigenvalue weighted by Gasteiger charge is 2.44. The summed E-state index contributed by atoms with van der Waals surface area (Å²) >= 11 is 1.14. The van der Waals surface area contributed by atoms with Gasteiger partial charge in [-0.1, -0.05) is 19.1 Å². The maximum atomic E-state index is 13.5. The summed E-state index contributed by atoms with van der Waals surface area (Å²) in [6.07, 6.45) is 0.988. The summed E-state index contributed by atoms with van der Waals surface area (Å²) in [5.74, 6) is -1.20. The number of carbonyl (C=O) groups is 2. The molecule has 1 atom stereocenters. The number of hydrogen-bond donors (Lipinski definition) is 1. The van der Waals surface area contributed by atoms with Crippen molar-refractivity contribution in [2.45, 2.75) is 24.7 Å². The van der Waals surface area contributed by atoms with Gasteiger partial charge in [-0.25, -0.2) is 4.39 Å². The summed E-state index contributed by atoms with van der Waals surface area (Å²) in [5.41, 5.74) is -0.821. The highest BCUT2D eigenvalue weighted by molar-refractivity contribution is 8.00. The van der Waals surface area contributed by atoms with E-state index in [2.05, 4.69) is 0 Å². The molecule has 0 saturated carbocycles. The molecule has 4 nitrogen and oxygen atoms in total. The van der Waals surface area contributed by atoms with Gasteiger partial charge in [0.1, 0.15) is 5.82 Å². The molecule has 1 unspecified atom stereocenters. The Hall–Kier alpha value is -1.56. The molecule has 1 heterocycles. The van der Waals surface area contributed by atoms with Crippen molar-refractivity contribution in [2.24, 2.45) is 5.41 Å². The van der Waals surface area contributed by atoms with Gasteiger partial charge in [-0.3, -0.25) is 9.59 Å². The summed E-state index contributed by atoms with van der Waals surface area (Å²) in [4.78, 5) is 25.5. The van der Waals surface area contributed by atoms with E-state index in [0.717, 1.165) is 11.8 Å². The van der Waals surface area contributed by atoms with Gasteiger partial charge in [0.05, 0.1) is 11.2 Å². The van der Waals surface area contributed by atoms with E-state index in [1.165, 1.54) is 6.07 Å². The molecule has 114 valence electrons. The number of carboxylic acid groups (broad SMARTS) is 1. The smallest absolute Gasteiger partial charge is 0.311 e. The molecule has 6 heteroatoms. The highest BCUT2D eigenvalue weighted by atomic mass is 32.2. The number of hydrogen-bond acceptors (Lipinski definition) is 3. The molecule has 1 aromatic rings. The van der Waals surface area contributed by atoms with Crippen molar-refractivity contribution < 1.29 is 19.1 Å². The molecule has 1 N–H and O–H groups in total. The lowest BCUT2D eigenvalue weighted by atomic mass is 9.84. The lowest BCUT2D eigenvalue weighted by Crippen LogP contribution is -2.37. The first-order valence-electron chi connectivity index (χ1n) is 6.87. The summed E-state index contributed by atoms with van der Waals surface area (Å²) in [7, 11) is 0. The Balaban J connectivity index is 1.94. The van der Waals surface area contributed by atoms with Crippen LogP contribution in [-0.2, 0) is 9.59 Å². The van der Waals surface area contributed by atoms with Crippen molar-refractivity contribution in [1.82, 2.24) is 4.90 Å². The summed E-state index contributed by atoms with van der Waals surface area (Å²) in [6.45, 7) is 2.53. The second-order valence-electron chi connectivity index (χ2n) is 5.22. The van der Waals surface area contributed by atoms with Crippen LogP contribution in [0.4, 0.5) is 4.39 Å². The van der Waals surface area contributed by atoms with E-state index >= 15 is 0 Å². The van der Waals surface area contributed by atoms with Gasteiger partial charge in [-0.2, -0.15) is 0 Å². The third kappa shape index (κ3) is 3.37. The average Bonchev–Trinajstić information content (AvgIpc) is 2.92. The molecular weight excluding hydrogens is 293 g/mol. The van der Waals surface area contributed by atoms with Crippen molar-refractivity contribution in [3.63, 3.8) is 0 Å². The predicted molar refractivity (Wildman–Crippen MR) is 78.7 cm³/mol. The first-order chi connectivity index (χ1) is 9.98. The molecule has 0 spiro atoms. The molecule has 1 aliphatic rings. The van der Waals surface area contributed by atoms with E-state index in [4.69, 9.17) is 0 Å². The fraction of sp³-hybridized carbons (Fsp3) is 0.467. The third-order valence-corrected chi connectivity index (χ3v) is 5.06. The molecule has 1 fully saturated rings. The van der Waals surface area contributed by atoms with Crippen LogP contribution in [-0.4, -0.2) is 40.7 Å². The Bertz CT molecular complexity index is 551. The van der Waals surface area contributed by atoms with Gasteiger partial charge >= 0.3 is 5.97 Å². The quantitative estimate of drug-likeness (QED) is 0.849. The van der Waals surface area contributed by atoms with E-state index in [-0.39, 0.29) is 24.0 Å². The van der Waals surface area contributed by atoms with Gasteiger partial charge in [0.2, 0.25) is 5.91 Å². The number of rotatable bonds is 5. The number of thioether (sulfide) groups is 1. The lowest BCUT2D eigenvalue weighted by molar-refractivity contribution is -0.148. The summed E-state index contributed by atoms with van der Waals surface area (Å²) in [6, 6.07) is 6.31. The van der Waals surface area contributed by atoms with Gasteiger partial charge in [-0.15, -0.1) is 11.8 Å². The Morgan fingerprint density at radius 3 is 2.71 bits per heavy atom. The molecular formula is C15H18FNO3S. The number of benzene rings is 1. The zero-order chi connectivity index (χ0) is 15.5. The standard InChI is InChI=1S/C15H18FNO3S/c1-2-15(14(19)20)7-8-17(10-15)13(18)9-21-12-6-4-3-5-11(12)16/h3-6H,2,7-10H2,1H3,(H,19,20). The van der Waals surface area contributed by atoms with Crippen LogP contribution in [0.15, 0.2) is 29.2 Å². The molecule has 1 aromatic carbocycles. The average molecular weight is 311 g/mol. The first-order valence-corrected chi connectivity index (χ1v) is 7.85. The Labute approximate surface area is 127 Å². The second kappa shape index (κ2) is 6.47. The van der Waals surface area contributed by atoms with E-state index in [1.54, 1.807) is 23.1 Å². The zero-order valence-corrected chi connectivity index (χ0v) is 12.7. The number of nitrogens with zero attached hydrogens (tertiary/aromatic N) is 1. The SMILES string of the molecule is CCC1(C(=O)O)CCN(C(=O)CSc2ccccc2F)C1. The van der Waals surface area contributed by atoms with Crippen LogP contribution in [0, 0.1) is 11.2 Å². The molecule has 0 aliphatic carbocycles. The lowest BCUT2D eigenvalue weighted by Gasteiger charge is -2.23. The molecule has 0 bridgehead atoms. The molecule has 0 aromatic heterocycles. The van der Waals surface area contributed by atoms with Gasteiger partial charge < -0.3 is 10.0 Å². The Morgan fingerprint density at radius 2 is 2.14 bits per heavy atom. The van der Waals surface area contributed by atoms with E-state index < -0.39 is 11.4 Å². The van der Waals surface area contributed by atoms with Gasteiger partial charge in [-0.05, 0) is 25.0 Å². The highest BCUT2D eigenvalue weighted by Crippen LogP contribution is 2.34. The first kappa shape index (κ1) is 15.8. The maximum absolute atomic E-state index is 13.5. The largest absolute Gasteiger partial charge is 0.481 e. The van der Waals surface area contributed by atoms with Crippen molar-refractivity contribution in [1.29, 1.82) is 0 Å². The third-order valence-electron chi connectivity index (χ3n) is 4.02. The van der Waals surface area contributed by atoms with Gasteiger partial charge in [0.25, 0.3) is 0 Å². The molecule has 0 radical (unpaired) electrons. The van der Waals surface area contributed by atoms with Crippen molar-refractivity contribution >= 4 is 23.6 Å². The predicted octanol–water partition coefficient (Wildman–Crippen LogP) is 2.63. The van der Waals surface area contributed by atoms with E-state index in [1.807, 2.05) is 6.92 Å². The summed E-state index contributed by atoms with van der Waals surface area (Å²) in [5, 5.41) is 9.31. The van der Waals surface area contributed by atoms with Crippen LogP contribution in [0.2, 0.25) is 0 Å². The van der Waals surface area contributed by atoms with Gasteiger partial charge in [0, 0.05) is 18.0 Å². The minimum Gasteiger partial charge on any atom is -0.481 e. The van der Waals surface area contributed by atoms with Crippen molar-refractivity contribution in [3.8, 4) is 0 Å². The molecule has 1 aliphatic heterocycles. The maximum Gasteiger partial charge on any atom is 0.311 e. The number of likely N-dealkylation sites (tertiary alicyclic amines) is 1. The minimum absolute atomic E-state index is 0.125. The Morgan fingerprint density at radius 1 is 1.43 bits per heavy atom. The zero-order valence-electron chi connectivity index (χ0n) is 11.8. The van der Waals surface area contributed by atoms with Crippen molar-refractivity contribution in [2.75, 3.05) is 18.8 Å². The van der Waals surface area contributed by atoms with Crippen LogP contribution in [0.25, 0.3) is 0 Å². The number of carbonyl (C=O) groups excluding carboxylic acids is 1. The number of halogens is 1. The molecule has 1 amide bonds. The van der Waals surface area contributed by atoms with Crippen LogP contribution >= 0.6 is 11.8 Å². The van der Waals surface area contributed by atoms with E-state index in [0.29, 0.717) is 24.3 Å². The monoisotopic (exact) mass is 311 g/mol. The normalized spacial score (nSPS) is 21.5. The van der Waals surface area contributed by atoms with Crippen molar-refractivity contribution in [3.05, 3.63) is 30.1 Å². The summed E-state index contributed by atoms with van der Waals surface area (Å²) < 4.78 is 13.5. The molecule has 21 heavy (non-hydrogen) atoms. The number of amides is 1. The van der Waals surface area contributed by atoms with Crippen LogP contribution in [0.1, 0.15) is 19.8 Å². The topological polar surface area (TPSA) is 57.6 Å². The van der Waals surface area contributed by atoms with Crippen LogP contribution in [0.3, 0.4) is 0 Å². The number of aliphatic carboxylic acids is 1. The van der Waals surface area contributed by atoms with Crippen LogP contribution in [0.5, 0.6) is 0 Å². The fourth-order valence-electron chi connectivity index (χ4n) is 2.49. The van der Waals surface area contributed by atoms with Crippen LogP contribution < -0.4 is 0 Å². The molecule has 1 saturated heterocycles. The fourth-order valence-corrected chi connectivity index (χ4v) is 3.33. The second-order valence-corrected chi connectivity index (χ2v) is 6.24. The molecule has 2 rings (SSSR count). The number of carboxylic acids is 1. The van der Waals surface area contributed by atoms with E-state index in [9.17, 15) is 19.1 Å². The van der Waals surface area contributed by atoms with Gasteiger partial charge in [0.15, 0.2) is 0 Å².